The molecule has 0 radical (unpaired) electrons. The fourth-order valence-corrected chi connectivity index (χ4v) is 5.73. The molecule has 0 amide bonds. The summed E-state index contributed by atoms with van der Waals surface area (Å²) in [4.78, 5) is 5.32. The molecule has 3 atom stereocenters. The Kier molecular flexibility index (Phi) is 5.79. The standard InChI is InChI=1S/C29H34N2O/c1-22-19-31-16-15-30(20-23-11-13-25(14-12-23)24-7-4-3-5-8-24)21-27(31)18-29(22,2)26-9-6-10-28(32)17-26/h3-14,17,22,27,32H,15-16,18-21H2,1-2H3/t22?,27?,29-/m1/s1. The number of piperazine rings is 1. The molecule has 2 fully saturated rings. The first-order valence-electron chi connectivity index (χ1n) is 11.9. The Balaban J connectivity index is 1.27. The molecule has 2 aliphatic heterocycles. The van der Waals surface area contributed by atoms with Crippen LogP contribution in [0.4, 0.5) is 0 Å². The Bertz CT molecular complexity index is 1050. The van der Waals surface area contributed by atoms with Crippen molar-refractivity contribution in [2.24, 2.45) is 5.92 Å². The Labute approximate surface area is 192 Å². The number of phenolic OH excluding ortho intramolecular Hbond substituents is 1. The number of piperidine rings is 1. The average Bonchev–Trinajstić information content (AvgIpc) is 2.81. The van der Waals surface area contributed by atoms with Crippen LogP contribution in [0, 0.1) is 5.92 Å². The highest BCUT2D eigenvalue weighted by Gasteiger charge is 2.44. The Morgan fingerprint density at radius 1 is 0.875 bits per heavy atom. The third kappa shape index (κ3) is 4.20. The highest BCUT2D eigenvalue weighted by Crippen LogP contribution is 2.43. The number of hydrogen-bond donors (Lipinski definition) is 1. The molecule has 3 aromatic rings. The third-order valence-corrected chi connectivity index (χ3v) is 7.92. The van der Waals surface area contributed by atoms with Crippen LogP contribution in [0.15, 0.2) is 78.9 Å². The van der Waals surface area contributed by atoms with E-state index in [1.807, 2.05) is 12.1 Å². The number of benzene rings is 3. The van der Waals surface area contributed by atoms with Gasteiger partial charge in [0.05, 0.1) is 0 Å². The van der Waals surface area contributed by atoms with Gasteiger partial charge in [-0.15, -0.1) is 0 Å². The summed E-state index contributed by atoms with van der Waals surface area (Å²) in [5, 5.41) is 10.1. The summed E-state index contributed by atoms with van der Waals surface area (Å²) in [5.74, 6) is 0.945. The average molecular weight is 427 g/mol. The van der Waals surface area contributed by atoms with Gasteiger partial charge in [0.1, 0.15) is 5.75 Å². The summed E-state index contributed by atoms with van der Waals surface area (Å²) in [6.45, 7) is 10.3. The summed E-state index contributed by atoms with van der Waals surface area (Å²) >= 11 is 0. The van der Waals surface area contributed by atoms with Crippen LogP contribution in [0.3, 0.4) is 0 Å². The van der Waals surface area contributed by atoms with Crippen LogP contribution in [0.2, 0.25) is 0 Å². The molecule has 2 aliphatic rings. The molecule has 32 heavy (non-hydrogen) atoms. The quantitative estimate of drug-likeness (QED) is 0.593. The van der Waals surface area contributed by atoms with Gasteiger partial charge in [0.25, 0.3) is 0 Å². The van der Waals surface area contributed by atoms with Gasteiger partial charge < -0.3 is 5.11 Å². The monoisotopic (exact) mass is 426 g/mol. The van der Waals surface area contributed by atoms with Gasteiger partial charge in [-0.05, 0) is 52.1 Å². The summed E-state index contributed by atoms with van der Waals surface area (Å²) in [6, 6.07) is 28.2. The van der Waals surface area contributed by atoms with Gasteiger partial charge in [0.2, 0.25) is 0 Å². The predicted molar refractivity (Wildman–Crippen MR) is 132 cm³/mol. The molecule has 2 saturated heterocycles. The van der Waals surface area contributed by atoms with E-state index in [1.165, 1.54) is 22.3 Å². The molecule has 0 aliphatic carbocycles. The first-order chi connectivity index (χ1) is 15.5. The van der Waals surface area contributed by atoms with Crippen molar-refractivity contribution in [1.82, 2.24) is 9.80 Å². The first-order valence-corrected chi connectivity index (χ1v) is 11.9. The van der Waals surface area contributed by atoms with Crippen molar-refractivity contribution in [3.8, 4) is 16.9 Å². The molecule has 3 heteroatoms. The normalized spacial score (nSPS) is 26.6. The number of rotatable bonds is 4. The van der Waals surface area contributed by atoms with Crippen LogP contribution in [0.5, 0.6) is 5.75 Å². The zero-order valence-corrected chi connectivity index (χ0v) is 19.2. The van der Waals surface area contributed by atoms with Gasteiger partial charge in [-0.3, -0.25) is 9.80 Å². The van der Waals surface area contributed by atoms with Crippen molar-refractivity contribution in [3.05, 3.63) is 90.0 Å². The second-order valence-corrected chi connectivity index (χ2v) is 10.0. The molecule has 0 bridgehead atoms. The molecule has 0 saturated carbocycles. The number of phenols is 1. The van der Waals surface area contributed by atoms with E-state index in [0.717, 1.165) is 39.1 Å². The minimum atomic E-state index is 0.0975. The van der Waals surface area contributed by atoms with Crippen LogP contribution in [0.25, 0.3) is 11.1 Å². The minimum absolute atomic E-state index is 0.0975. The lowest BCUT2D eigenvalue weighted by molar-refractivity contribution is -0.00557. The SMILES string of the molecule is CC1CN2CCN(Cc3ccc(-c4ccccc4)cc3)CC2C[C@@]1(C)c1cccc(O)c1. The van der Waals surface area contributed by atoms with Crippen molar-refractivity contribution in [1.29, 1.82) is 0 Å². The fourth-order valence-electron chi connectivity index (χ4n) is 5.73. The molecule has 166 valence electrons. The fraction of sp³-hybridized carbons (Fsp3) is 0.379. The number of aromatic hydroxyl groups is 1. The number of nitrogens with zero attached hydrogens (tertiary/aromatic N) is 2. The molecule has 0 aromatic heterocycles. The lowest BCUT2D eigenvalue weighted by Crippen LogP contribution is -2.60. The Morgan fingerprint density at radius 2 is 1.62 bits per heavy atom. The molecule has 1 N–H and O–H groups in total. The zero-order chi connectivity index (χ0) is 22.1. The number of fused-ring (bicyclic) bond motifs is 1. The predicted octanol–water partition coefficient (Wildman–Crippen LogP) is 5.54. The second-order valence-electron chi connectivity index (χ2n) is 10.0. The highest BCUT2D eigenvalue weighted by atomic mass is 16.3. The highest BCUT2D eigenvalue weighted by molar-refractivity contribution is 5.63. The van der Waals surface area contributed by atoms with Gasteiger partial charge in [-0.2, -0.15) is 0 Å². The van der Waals surface area contributed by atoms with Crippen LogP contribution in [0.1, 0.15) is 31.4 Å². The van der Waals surface area contributed by atoms with E-state index in [4.69, 9.17) is 0 Å². The Morgan fingerprint density at radius 3 is 2.38 bits per heavy atom. The van der Waals surface area contributed by atoms with E-state index in [0.29, 0.717) is 17.7 Å². The molecule has 3 aromatic carbocycles. The van der Waals surface area contributed by atoms with Crippen LogP contribution in [-0.4, -0.2) is 47.1 Å². The smallest absolute Gasteiger partial charge is 0.115 e. The molecule has 2 unspecified atom stereocenters. The van der Waals surface area contributed by atoms with E-state index in [-0.39, 0.29) is 5.41 Å². The van der Waals surface area contributed by atoms with E-state index < -0.39 is 0 Å². The maximum atomic E-state index is 10.1. The molecule has 0 spiro atoms. The summed E-state index contributed by atoms with van der Waals surface area (Å²) in [7, 11) is 0. The van der Waals surface area contributed by atoms with E-state index >= 15 is 0 Å². The lowest BCUT2D eigenvalue weighted by Gasteiger charge is -2.53. The molecule has 2 heterocycles. The van der Waals surface area contributed by atoms with Crippen molar-refractivity contribution < 1.29 is 5.11 Å². The molecule has 5 rings (SSSR count). The van der Waals surface area contributed by atoms with Crippen molar-refractivity contribution in [2.45, 2.75) is 38.3 Å². The Hall–Kier alpha value is -2.62. The largest absolute Gasteiger partial charge is 0.508 e. The summed E-state index contributed by atoms with van der Waals surface area (Å²) in [5.41, 5.74) is 5.31. The molecular formula is C29H34N2O. The maximum Gasteiger partial charge on any atom is 0.115 e. The molecular weight excluding hydrogens is 392 g/mol. The topological polar surface area (TPSA) is 26.7 Å². The van der Waals surface area contributed by atoms with E-state index in [1.54, 1.807) is 6.07 Å². The third-order valence-electron chi connectivity index (χ3n) is 7.92. The van der Waals surface area contributed by atoms with Gasteiger partial charge in [0.15, 0.2) is 0 Å². The van der Waals surface area contributed by atoms with E-state index in [9.17, 15) is 5.11 Å². The van der Waals surface area contributed by atoms with Gasteiger partial charge in [0, 0.05) is 38.8 Å². The van der Waals surface area contributed by atoms with Gasteiger partial charge in [-0.1, -0.05) is 80.6 Å². The molecule has 3 nitrogen and oxygen atoms in total. The van der Waals surface area contributed by atoms with Crippen LogP contribution >= 0.6 is 0 Å². The number of hydrogen-bond acceptors (Lipinski definition) is 3. The van der Waals surface area contributed by atoms with Crippen molar-refractivity contribution >= 4 is 0 Å². The first kappa shape index (κ1) is 21.2. The lowest BCUT2D eigenvalue weighted by atomic mass is 9.65. The van der Waals surface area contributed by atoms with Crippen molar-refractivity contribution in [2.75, 3.05) is 26.2 Å². The zero-order valence-electron chi connectivity index (χ0n) is 19.2. The van der Waals surface area contributed by atoms with Crippen LogP contribution in [-0.2, 0) is 12.0 Å². The second kappa shape index (κ2) is 8.73. The van der Waals surface area contributed by atoms with E-state index in [2.05, 4.69) is 84.3 Å². The summed E-state index contributed by atoms with van der Waals surface area (Å²) < 4.78 is 0. The maximum absolute atomic E-state index is 10.1. The van der Waals surface area contributed by atoms with Crippen molar-refractivity contribution in [3.63, 3.8) is 0 Å². The van der Waals surface area contributed by atoms with Gasteiger partial charge in [-0.25, -0.2) is 0 Å². The minimum Gasteiger partial charge on any atom is -0.508 e. The van der Waals surface area contributed by atoms with Gasteiger partial charge >= 0.3 is 0 Å². The summed E-state index contributed by atoms with van der Waals surface area (Å²) in [6.07, 6.45) is 1.14. The van der Waals surface area contributed by atoms with Crippen LogP contribution < -0.4 is 0 Å².